The van der Waals surface area contributed by atoms with E-state index < -0.39 is 0 Å². The van der Waals surface area contributed by atoms with Crippen LogP contribution >= 0.6 is 0 Å². The van der Waals surface area contributed by atoms with Gasteiger partial charge >= 0.3 is 0 Å². The summed E-state index contributed by atoms with van der Waals surface area (Å²) in [6.07, 6.45) is 2.10. The second-order valence-corrected chi connectivity index (χ2v) is 5.59. The number of likely N-dealkylation sites (N-methyl/N-ethyl adjacent to an activating group) is 1. The summed E-state index contributed by atoms with van der Waals surface area (Å²) in [6, 6.07) is 10.5. The van der Waals surface area contributed by atoms with Gasteiger partial charge in [-0.05, 0) is 38.2 Å². The fraction of sp³-hybridized carbons (Fsp3) is 0.438. The van der Waals surface area contributed by atoms with E-state index in [-0.39, 0.29) is 0 Å². The Kier molecular flexibility index (Phi) is 3.85. The van der Waals surface area contributed by atoms with Crippen LogP contribution in [0.3, 0.4) is 0 Å². The molecule has 0 saturated carbocycles. The lowest BCUT2D eigenvalue weighted by Crippen LogP contribution is -2.44. The van der Waals surface area contributed by atoms with Crippen molar-refractivity contribution >= 4 is 0 Å². The minimum atomic E-state index is 0.996. The van der Waals surface area contributed by atoms with Crippen molar-refractivity contribution in [1.29, 1.82) is 0 Å². The molecule has 0 N–H and O–H groups in total. The number of rotatable bonds is 3. The van der Waals surface area contributed by atoms with Crippen molar-refractivity contribution in [2.45, 2.75) is 13.5 Å². The van der Waals surface area contributed by atoms with Gasteiger partial charge in [0.05, 0.1) is 0 Å². The third-order valence-electron chi connectivity index (χ3n) is 3.94. The maximum Gasteiger partial charge on any atom is 0.137 e. The number of aromatic nitrogens is 2. The van der Waals surface area contributed by atoms with Crippen molar-refractivity contribution in [2.75, 3.05) is 33.2 Å². The molecule has 2 aromatic heterocycles. The van der Waals surface area contributed by atoms with E-state index in [1.807, 2.05) is 13.0 Å². The monoisotopic (exact) mass is 270 g/mol. The van der Waals surface area contributed by atoms with Crippen LogP contribution in [-0.4, -0.2) is 52.6 Å². The maximum absolute atomic E-state index is 4.62. The fourth-order valence-corrected chi connectivity index (χ4v) is 2.67. The minimum Gasteiger partial charge on any atom is -0.304 e. The van der Waals surface area contributed by atoms with Crippen LogP contribution < -0.4 is 0 Å². The van der Waals surface area contributed by atoms with Crippen LogP contribution in [0.5, 0.6) is 0 Å². The zero-order valence-corrected chi connectivity index (χ0v) is 12.3. The van der Waals surface area contributed by atoms with Crippen molar-refractivity contribution in [2.24, 2.45) is 0 Å². The van der Waals surface area contributed by atoms with E-state index in [0.717, 1.165) is 44.2 Å². The Labute approximate surface area is 120 Å². The van der Waals surface area contributed by atoms with E-state index in [2.05, 4.69) is 56.9 Å². The maximum atomic E-state index is 4.62. The largest absolute Gasteiger partial charge is 0.304 e. The summed E-state index contributed by atoms with van der Waals surface area (Å²) in [5.41, 5.74) is 2.37. The van der Waals surface area contributed by atoms with Crippen molar-refractivity contribution in [3.63, 3.8) is 0 Å². The number of hydrogen-bond acceptors (Lipinski definition) is 3. The summed E-state index contributed by atoms with van der Waals surface area (Å²) >= 11 is 0. The summed E-state index contributed by atoms with van der Waals surface area (Å²) < 4.78 is 2.20. The third-order valence-corrected chi connectivity index (χ3v) is 3.94. The van der Waals surface area contributed by atoms with Gasteiger partial charge in [0.15, 0.2) is 0 Å². The highest BCUT2D eigenvalue weighted by Gasteiger charge is 2.15. The molecule has 3 rings (SSSR count). The van der Waals surface area contributed by atoms with Crippen LogP contribution in [0.25, 0.3) is 5.82 Å². The van der Waals surface area contributed by atoms with Gasteiger partial charge in [0, 0.05) is 50.3 Å². The van der Waals surface area contributed by atoms with Gasteiger partial charge < -0.3 is 9.47 Å². The molecular weight excluding hydrogens is 248 g/mol. The van der Waals surface area contributed by atoms with Crippen molar-refractivity contribution in [3.8, 4) is 5.82 Å². The summed E-state index contributed by atoms with van der Waals surface area (Å²) in [6.45, 7) is 7.63. The van der Waals surface area contributed by atoms with Crippen LogP contribution in [0.2, 0.25) is 0 Å². The number of pyridine rings is 1. The first-order chi connectivity index (χ1) is 9.72. The van der Waals surface area contributed by atoms with E-state index in [4.69, 9.17) is 0 Å². The van der Waals surface area contributed by atoms with Gasteiger partial charge in [0.25, 0.3) is 0 Å². The first kappa shape index (κ1) is 13.3. The molecule has 4 nitrogen and oxygen atoms in total. The molecule has 106 valence electrons. The molecule has 2 aromatic rings. The molecule has 1 saturated heterocycles. The standard InChI is InChI=1S/C16H22N4/c1-14-5-3-7-16(17-14)20-8-4-6-15(20)13-19-11-9-18(2)10-12-19/h3-8H,9-13H2,1-2H3. The lowest BCUT2D eigenvalue weighted by Gasteiger charge is -2.32. The Morgan fingerprint density at radius 3 is 2.60 bits per heavy atom. The van der Waals surface area contributed by atoms with Gasteiger partial charge in [-0.2, -0.15) is 0 Å². The Bertz CT molecular complexity index is 567. The Balaban J connectivity index is 1.77. The average Bonchev–Trinajstić information content (AvgIpc) is 2.89. The lowest BCUT2D eigenvalue weighted by atomic mass is 10.3. The molecule has 0 radical (unpaired) electrons. The molecule has 0 aliphatic carbocycles. The van der Waals surface area contributed by atoms with E-state index in [9.17, 15) is 0 Å². The average molecular weight is 270 g/mol. The van der Waals surface area contributed by atoms with Crippen LogP contribution in [0.4, 0.5) is 0 Å². The van der Waals surface area contributed by atoms with Gasteiger partial charge in [0.1, 0.15) is 5.82 Å². The number of hydrogen-bond donors (Lipinski definition) is 0. The second-order valence-electron chi connectivity index (χ2n) is 5.59. The van der Waals surface area contributed by atoms with Crippen LogP contribution in [0.15, 0.2) is 36.5 Å². The molecular formula is C16H22N4. The van der Waals surface area contributed by atoms with E-state index in [0.29, 0.717) is 0 Å². The molecule has 1 aliphatic rings. The number of aryl methyl sites for hydroxylation is 1. The topological polar surface area (TPSA) is 24.3 Å². The van der Waals surface area contributed by atoms with Crippen LogP contribution in [0, 0.1) is 6.92 Å². The first-order valence-electron chi connectivity index (χ1n) is 7.23. The van der Waals surface area contributed by atoms with Gasteiger partial charge in [-0.15, -0.1) is 0 Å². The van der Waals surface area contributed by atoms with Gasteiger partial charge in [-0.1, -0.05) is 6.07 Å². The highest BCUT2D eigenvalue weighted by Crippen LogP contribution is 2.14. The summed E-state index contributed by atoms with van der Waals surface area (Å²) in [5, 5.41) is 0. The molecule has 4 heteroatoms. The smallest absolute Gasteiger partial charge is 0.137 e. The van der Waals surface area contributed by atoms with Crippen molar-refractivity contribution < 1.29 is 0 Å². The Morgan fingerprint density at radius 1 is 1.05 bits per heavy atom. The second kappa shape index (κ2) is 5.77. The zero-order chi connectivity index (χ0) is 13.9. The van der Waals surface area contributed by atoms with E-state index in [1.165, 1.54) is 5.69 Å². The van der Waals surface area contributed by atoms with Crippen molar-refractivity contribution in [1.82, 2.24) is 19.4 Å². The normalized spacial score (nSPS) is 17.5. The SMILES string of the molecule is Cc1cccc(-n2cccc2CN2CCN(C)CC2)n1. The molecule has 0 amide bonds. The fourth-order valence-electron chi connectivity index (χ4n) is 2.67. The third kappa shape index (κ3) is 2.92. The zero-order valence-electron chi connectivity index (χ0n) is 12.3. The van der Waals surface area contributed by atoms with Gasteiger partial charge in [-0.3, -0.25) is 4.90 Å². The summed E-state index contributed by atoms with van der Waals surface area (Å²) in [7, 11) is 2.19. The van der Waals surface area contributed by atoms with E-state index in [1.54, 1.807) is 0 Å². The summed E-state index contributed by atoms with van der Waals surface area (Å²) in [5.74, 6) is 1.01. The number of nitrogens with zero attached hydrogens (tertiary/aromatic N) is 4. The predicted molar refractivity (Wildman–Crippen MR) is 81.1 cm³/mol. The van der Waals surface area contributed by atoms with Gasteiger partial charge in [-0.25, -0.2) is 4.98 Å². The highest BCUT2D eigenvalue weighted by atomic mass is 15.3. The molecule has 0 unspecified atom stereocenters. The quantitative estimate of drug-likeness (QED) is 0.852. The van der Waals surface area contributed by atoms with E-state index >= 15 is 0 Å². The molecule has 0 aromatic carbocycles. The molecule has 20 heavy (non-hydrogen) atoms. The van der Waals surface area contributed by atoms with Crippen LogP contribution in [0.1, 0.15) is 11.4 Å². The molecule has 3 heterocycles. The van der Waals surface area contributed by atoms with Gasteiger partial charge in [0.2, 0.25) is 0 Å². The molecule has 0 bridgehead atoms. The molecule has 1 aliphatic heterocycles. The van der Waals surface area contributed by atoms with Crippen molar-refractivity contribution in [3.05, 3.63) is 47.9 Å². The minimum absolute atomic E-state index is 0.996. The predicted octanol–water partition coefficient (Wildman–Crippen LogP) is 1.93. The lowest BCUT2D eigenvalue weighted by molar-refractivity contribution is 0.146. The Hall–Kier alpha value is -1.65. The summed E-state index contributed by atoms with van der Waals surface area (Å²) in [4.78, 5) is 9.52. The number of piperazine rings is 1. The highest BCUT2D eigenvalue weighted by molar-refractivity contribution is 5.29. The molecule has 0 spiro atoms. The molecule has 0 atom stereocenters. The first-order valence-corrected chi connectivity index (χ1v) is 7.23. The van der Waals surface area contributed by atoms with Crippen LogP contribution in [-0.2, 0) is 6.54 Å². The molecule has 1 fully saturated rings. The Morgan fingerprint density at radius 2 is 1.85 bits per heavy atom.